The summed E-state index contributed by atoms with van der Waals surface area (Å²) < 4.78 is 13.8. The molecule has 0 radical (unpaired) electrons. The number of anilines is 1. The first-order valence-electron chi connectivity index (χ1n) is 7.00. The molecule has 6 heteroatoms. The Kier molecular flexibility index (Phi) is 3.78. The number of halogens is 2. The van der Waals surface area contributed by atoms with E-state index in [1.165, 1.54) is 12.3 Å². The molecule has 1 unspecified atom stereocenters. The predicted molar refractivity (Wildman–Crippen MR) is 75.3 cm³/mol. The fraction of sp³-hybridized carbons (Fsp3) is 0.571. The zero-order chi connectivity index (χ0) is 14.1. The molecule has 1 aromatic rings. The first-order chi connectivity index (χ1) is 9.65. The topological polar surface area (TPSA) is 36.4 Å². The molecule has 3 rings (SSSR count). The van der Waals surface area contributed by atoms with Gasteiger partial charge in [0, 0.05) is 32.4 Å². The van der Waals surface area contributed by atoms with Crippen LogP contribution < -0.4 is 4.90 Å². The van der Waals surface area contributed by atoms with Crippen LogP contribution in [0.5, 0.6) is 0 Å². The molecule has 0 saturated carbocycles. The lowest BCUT2D eigenvalue weighted by molar-refractivity contribution is -0.133. The van der Waals surface area contributed by atoms with E-state index in [-0.39, 0.29) is 16.8 Å². The Hall–Kier alpha value is -1.36. The number of amides is 1. The highest BCUT2D eigenvalue weighted by Crippen LogP contribution is 2.27. The zero-order valence-electron chi connectivity index (χ0n) is 11.2. The van der Waals surface area contributed by atoms with Crippen LogP contribution >= 0.6 is 11.6 Å². The summed E-state index contributed by atoms with van der Waals surface area (Å²) >= 11 is 5.71. The van der Waals surface area contributed by atoms with Gasteiger partial charge in [-0.1, -0.05) is 11.6 Å². The summed E-state index contributed by atoms with van der Waals surface area (Å²) in [6.07, 6.45) is 4.39. The molecule has 20 heavy (non-hydrogen) atoms. The van der Waals surface area contributed by atoms with Gasteiger partial charge in [-0.2, -0.15) is 0 Å². The number of likely N-dealkylation sites (tertiary alicyclic amines) is 1. The minimum Gasteiger partial charge on any atom is -0.353 e. The maximum Gasteiger partial charge on any atom is 0.227 e. The Bertz CT molecular complexity index is 519. The number of carbonyl (C=O) groups excluding carboxylic acids is 1. The number of hydrogen-bond donors (Lipinski definition) is 0. The van der Waals surface area contributed by atoms with Gasteiger partial charge >= 0.3 is 0 Å². The van der Waals surface area contributed by atoms with Crippen molar-refractivity contribution in [2.24, 2.45) is 5.92 Å². The molecule has 2 saturated heterocycles. The van der Waals surface area contributed by atoms with E-state index in [0.29, 0.717) is 18.9 Å². The largest absolute Gasteiger partial charge is 0.353 e. The standard InChI is InChI=1S/C14H17ClFN3O/c15-11-7-12(16)13(17-8-11)19-6-3-10(9-19)14(20)18-4-1-2-5-18/h7-8,10H,1-6,9H2. The number of rotatable bonds is 2. The number of nitrogens with zero attached hydrogens (tertiary/aromatic N) is 3. The van der Waals surface area contributed by atoms with Crippen molar-refractivity contribution in [1.29, 1.82) is 0 Å². The molecule has 0 aliphatic carbocycles. The zero-order valence-corrected chi connectivity index (χ0v) is 11.9. The van der Waals surface area contributed by atoms with E-state index in [2.05, 4.69) is 4.98 Å². The van der Waals surface area contributed by atoms with Gasteiger partial charge < -0.3 is 9.80 Å². The van der Waals surface area contributed by atoms with E-state index < -0.39 is 5.82 Å². The van der Waals surface area contributed by atoms with Crippen molar-refractivity contribution in [3.8, 4) is 0 Å². The van der Waals surface area contributed by atoms with E-state index >= 15 is 0 Å². The van der Waals surface area contributed by atoms with Crippen LogP contribution in [0.4, 0.5) is 10.2 Å². The minimum absolute atomic E-state index is 0.0371. The highest BCUT2D eigenvalue weighted by molar-refractivity contribution is 6.30. The first kappa shape index (κ1) is 13.6. The molecule has 0 spiro atoms. The van der Waals surface area contributed by atoms with E-state index in [4.69, 9.17) is 11.6 Å². The van der Waals surface area contributed by atoms with Crippen LogP contribution in [0.1, 0.15) is 19.3 Å². The van der Waals surface area contributed by atoms with Gasteiger partial charge in [-0.05, 0) is 25.3 Å². The van der Waals surface area contributed by atoms with Crippen molar-refractivity contribution in [2.75, 3.05) is 31.1 Å². The molecule has 3 heterocycles. The molecule has 0 aromatic carbocycles. The lowest BCUT2D eigenvalue weighted by atomic mass is 10.1. The quantitative estimate of drug-likeness (QED) is 0.840. The average molecular weight is 298 g/mol. The second-order valence-electron chi connectivity index (χ2n) is 5.42. The first-order valence-corrected chi connectivity index (χ1v) is 7.38. The predicted octanol–water partition coefficient (Wildman–Crippen LogP) is 2.32. The molecule has 4 nitrogen and oxygen atoms in total. The van der Waals surface area contributed by atoms with E-state index in [9.17, 15) is 9.18 Å². The monoisotopic (exact) mass is 297 g/mol. The van der Waals surface area contributed by atoms with Gasteiger partial charge in [0.15, 0.2) is 11.6 Å². The fourth-order valence-corrected chi connectivity index (χ4v) is 3.13. The van der Waals surface area contributed by atoms with Crippen molar-refractivity contribution < 1.29 is 9.18 Å². The summed E-state index contributed by atoms with van der Waals surface area (Å²) in [4.78, 5) is 20.1. The summed E-state index contributed by atoms with van der Waals surface area (Å²) in [5.41, 5.74) is 0. The van der Waals surface area contributed by atoms with Gasteiger partial charge in [-0.25, -0.2) is 9.37 Å². The molecule has 1 amide bonds. The Balaban J connectivity index is 1.68. The van der Waals surface area contributed by atoms with E-state index in [0.717, 1.165) is 32.4 Å². The number of aromatic nitrogens is 1. The number of hydrogen-bond acceptors (Lipinski definition) is 3. The normalized spacial score (nSPS) is 22.6. The summed E-state index contributed by atoms with van der Waals surface area (Å²) in [6, 6.07) is 1.26. The summed E-state index contributed by atoms with van der Waals surface area (Å²) in [6.45, 7) is 2.93. The second kappa shape index (κ2) is 5.56. The minimum atomic E-state index is -0.424. The van der Waals surface area contributed by atoms with Crippen LogP contribution in [0.25, 0.3) is 0 Å². The molecule has 0 bridgehead atoms. The van der Waals surface area contributed by atoms with E-state index in [1.54, 1.807) is 0 Å². The van der Waals surface area contributed by atoms with Gasteiger partial charge in [-0.15, -0.1) is 0 Å². The molecular formula is C14H17ClFN3O. The van der Waals surface area contributed by atoms with Crippen LogP contribution in [0, 0.1) is 11.7 Å². The Labute approximate surface area is 122 Å². The van der Waals surface area contributed by atoms with Gasteiger partial charge in [0.05, 0.1) is 10.9 Å². The van der Waals surface area contributed by atoms with Gasteiger partial charge in [0.2, 0.25) is 5.91 Å². The fourth-order valence-electron chi connectivity index (χ4n) is 2.99. The van der Waals surface area contributed by atoms with Crippen LogP contribution in [0.2, 0.25) is 5.02 Å². The molecular weight excluding hydrogens is 281 g/mol. The van der Waals surface area contributed by atoms with Crippen LogP contribution in [0.15, 0.2) is 12.3 Å². The average Bonchev–Trinajstić information content (AvgIpc) is 3.09. The van der Waals surface area contributed by atoms with Crippen molar-refractivity contribution in [3.63, 3.8) is 0 Å². The highest BCUT2D eigenvalue weighted by atomic mass is 35.5. The van der Waals surface area contributed by atoms with Crippen molar-refractivity contribution in [3.05, 3.63) is 23.1 Å². The van der Waals surface area contributed by atoms with Crippen molar-refractivity contribution in [1.82, 2.24) is 9.88 Å². The summed E-state index contributed by atoms with van der Waals surface area (Å²) in [5.74, 6) is 0.0437. The summed E-state index contributed by atoms with van der Waals surface area (Å²) in [7, 11) is 0. The van der Waals surface area contributed by atoms with E-state index in [1.807, 2.05) is 9.80 Å². The molecule has 2 fully saturated rings. The van der Waals surface area contributed by atoms with Gasteiger partial charge in [-0.3, -0.25) is 4.79 Å². The van der Waals surface area contributed by atoms with Crippen molar-refractivity contribution in [2.45, 2.75) is 19.3 Å². The lowest BCUT2D eigenvalue weighted by Gasteiger charge is -2.21. The van der Waals surface area contributed by atoms with Gasteiger partial charge in [0.25, 0.3) is 0 Å². The number of pyridine rings is 1. The molecule has 2 aliphatic heterocycles. The number of carbonyl (C=O) groups is 1. The maximum absolute atomic E-state index is 13.8. The third-order valence-electron chi connectivity index (χ3n) is 4.04. The maximum atomic E-state index is 13.8. The molecule has 1 aromatic heterocycles. The third-order valence-corrected chi connectivity index (χ3v) is 4.25. The Morgan fingerprint density at radius 2 is 2.10 bits per heavy atom. The van der Waals surface area contributed by atoms with Crippen LogP contribution in [-0.2, 0) is 4.79 Å². The highest BCUT2D eigenvalue weighted by Gasteiger charge is 2.33. The second-order valence-corrected chi connectivity index (χ2v) is 5.86. The van der Waals surface area contributed by atoms with Crippen LogP contribution in [-0.4, -0.2) is 42.0 Å². The Morgan fingerprint density at radius 3 is 2.80 bits per heavy atom. The Morgan fingerprint density at radius 1 is 1.35 bits per heavy atom. The molecule has 108 valence electrons. The van der Waals surface area contributed by atoms with Gasteiger partial charge in [0.1, 0.15) is 0 Å². The molecule has 2 aliphatic rings. The van der Waals surface area contributed by atoms with Crippen LogP contribution in [0.3, 0.4) is 0 Å². The van der Waals surface area contributed by atoms with Crippen molar-refractivity contribution >= 4 is 23.3 Å². The molecule has 0 N–H and O–H groups in total. The summed E-state index contributed by atoms with van der Waals surface area (Å²) in [5, 5.41) is 0.287. The third kappa shape index (κ3) is 2.59. The SMILES string of the molecule is O=C(C1CCN(c2ncc(Cl)cc2F)C1)N1CCCC1. The lowest BCUT2D eigenvalue weighted by Crippen LogP contribution is -2.35. The smallest absolute Gasteiger partial charge is 0.227 e. The molecule has 1 atom stereocenters.